The number of hydrogen-bond acceptors (Lipinski definition) is 5. The molecular weight excluding hydrogens is 324 g/mol. The summed E-state index contributed by atoms with van der Waals surface area (Å²) in [4.78, 5) is 4.45. The first-order valence-electron chi connectivity index (χ1n) is 8.25. The van der Waals surface area contributed by atoms with Crippen molar-refractivity contribution in [2.75, 3.05) is 5.73 Å². The Kier molecular flexibility index (Phi) is 4.43. The summed E-state index contributed by atoms with van der Waals surface area (Å²) in [6, 6.07) is 13.2. The fourth-order valence-corrected chi connectivity index (χ4v) is 3.14. The molecule has 0 aliphatic carbocycles. The van der Waals surface area contributed by atoms with Gasteiger partial charge in [-0.3, -0.25) is 4.68 Å². The lowest BCUT2D eigenvalue weighted by Gasteiger charge is -2.11. The van der Waals surface area contributed by atoms with Gasteiger partial charge in [-0.05, 0) is 44.5 Å². The first-order chi connectivity index (χ1) is 12.5. The van der Waals surface area contributed by atoms with E-state index in [4.69, 9.17) is 11.0 Å². The summed E-state index contributed by atoms with van der Waals surface area (Å²) in [6.07, 6.45) is 0. The summed E-state index contributed by atoms with van der Waals surface area (Å²) in [5.41, 5.74) is 12.0. The van der Waals surface area contributed by atoms with E-state index in [9.17, 15) is 5.26 Å². The molecule has 2 heterocycles. The van der Waals surface area contributed by atoms with Crippen LogP contribution in [-0.4, -0.2) is 14.8 Å². The first-order valence-corrected chi connectivity index (χ1v) is 8.25. The monoisotopic (exact) mass is 342 g/mol. The molecule has 6 nitrogen and oxygen atoms in total. The van der Waals surface area contributed by atoms with Gasteiger partial charge in [0.2, 0.25) is 0 Å². The molecule has 0 fully saturated rings. The first kappa shape index (κ1) is 17.2. The maximum Gasteiger partial charge on any atom is 0.142 e. The van der Waals surface area contributed by atoms with Gasteiger partial charge in [-0.1, -0.05) is 12.1 Å². The van der Waals surface area contributed by atoms with E-state index in [0.29, 0.717) is 22.4 Å². The Balaban J connectivity index is 2.25. The summed E-state index contributed by atoms with van der Waals surface area (Å²) in [6.45, 7) is 6.73. The zero-order valence-corrected chi connectivity index (χ0v) is 14.9. The number of pyridine rings is 1. The molecule has 0 radical (unpaired) electrons. The summed E-state index contributed by atoms with van der Waals surface area (Å²) in [5, 5.41) is 23.1. The second-order valence-electron chi connectivity index (χ2n) is 5.98. The molecule has 3 rings (SSSR count). The van der Waals surface area contributed by atoms with Gasteiger partial charge < -0.3 is 5.73 Å². The highest BCUT2D eigenvalue weighted by Gasteiger charge is 2.18. The van der Waals surface area contributed by atoms with Gasteiger partial charge in [0.15, 0.2) is 0 Å². The highest BCUT2D eigenvalue weighted by atomic mass is 15.3. The smallest absolute Gasteiger partial charge is 0.142 e. The number of nitrogen functional groups attached to an aromatic ring is 1. The number of nitriles is 2. The summed E-state index contributed by atoms with van der Waals surface area (Å²) in [5.74, 6) is 0.187. The molecule has 0 amide bonds. The average Bonchev–Trinajstić information content (AvgIpc) is 2.94. The van der Waals surface area contributed by atoms with Crippen LogP contribution in [0.15, 0.2) is 30.3 Å². The number of benzene rings is 1. The van der Waals surface area contributed by atoms with Gasteiger partial charge in [-0.2, -0.15) is 15.6 Å². The number of anilines is 1. The van der Waals surface area contributed by atoms with Crippen molar-refractivity contribution in [1.82, 2.24) is 14.8 Å². The maximum absolute atomic E-state index is 9.54. The molecule has 0 aliphatic heterocycles. The molecular formula is C20H18N6. The fraction of sp³-hybridized carbons (Fsp3) is 0.200. The molecule has 26 heavy (non-hydrogen) atoms. The van der Waals surface area contributed by atoms with E-state index in [-0.39, 0.29) is 5.82 Å². The molecule has 2 aromatic heterocycles. The van der Waals surface area contributed by atoms with Crippen molar-refractivity contribution >= 4 is 5.82 Å². The van der Waals surface area contributed by atoms with Crippen LogP contribution in [0.2, 0.25) is 0 Å². The quantitative estimate of drug-likeness (QED) is 0.783. The standard InChI is InChI=1S/C20H18N6/c1-4-26-13(3)19(12(2)25-26)18-9-16(17(11-22)20(23)24-18)15-7-5-14(10-21)6-8-15/h5-9H,4H2,1-3H3,(H2,23,24). The third kappa shape index (κ3) is 2.78. The van der Waals surface area contributed by atoms with E-state index in [0.717, 1.165) is 29.1 Å². The van der Waals surface area contributed by atoms with Crippen LogP contribution in [0.3, 0.4) is 0 Å². The lowest BCUT2D eigenvalue weighted by atomic mass is 9.97. The summed E-state index contributed by atoms with van der Waals surface area (Å²) in [7, 11) is 0. The molecule has 0 atom stereocenters. The number of hydrogen-bond donors (Lipinski definition) is 1. The molecule has 6 heteroatoms. The molecule has 0 spiro atoms. The Labute approximate surface area is 152 Å². The zero-order chi connectivity index (χ0) is 18.8. The Morgan fingerprint density at radius 1 is 1.12 bits per heavy atom. The normalized spacial score (nSPS) is 10.3. The Hall–Kier alpha value is -3.64. The lowest BCUT2D eigenvalue weighted by Crippen LogP contribution is -2.01. The lowest BCUT2D eigenvalue weighted by molar-refractivity contribution is 0.634. The van der Waals surface area contributed by atoms with Crippen molar-refractivity contribution in [3.63, 3.8) is 0 Å². The number of aromatic nitrogens is 3. The number of nitrogens with two attached hydrogens (primary N) is 1. The second-order valence-corrected chi connectivity index (χ2v) is 5.98. The van der Waals surface area contributed by atoms with Gasteiger partial charge >= 0.3 is 0 Å². The van der Waals surface area contributed by atoms with Gasteiger partial charge in [0.1, 0.15) is 17.5 Å². The fourth-order valence-electron chi connectivity index (χ4n) is 3.14. The van der Waals surface area contributed by atoms with Crippen molar-refractivity contribution in [3.05, 3.63) is 52.8 Å². The van der Waals surface area contributed by atoms with Crippen LogP contribution in [0, 0.1) is 36.5 Å². The molecule has 0 aliphatic rings. The van der Waals surface area contributed by atoms with Crippen molar-refractivity contribution < 1.29 is 0 Å². The molecule has 2 N–H and O–H groups in total. The van der Waals surface area contributed by atoms with Gasteiger partial charge in [0.05, 0.1) is 23.0 Å². The average molecular weight is 342 g/mol. The SMILES string of the molecule is CCn1nc(C)c(-c2cc(-c3ccc(C#N)cc3)c(C#N)c(N)n2)c1C. The summed E-state index contributed by atoms with van der Waals surface area (Å²) < 4.78 is 1.92. The van der Waals surface area contributed by atoms with Crippen LogP contribution < -0.4 is 5.73 Å². The van der Waals surface area contributed by atoms with E-state index in [1.807, 2.05) is 43.7 Å². The molecule has 128 valence electrons. The largest absolute Gasteiger partial charge is 0.383 e. The van der Waals surface area contributed by atoms with Gasteiger partial charge in [-0.15, -0.1) is 0 Å². The minimum atomic E-state index is 0.187. The molecule has 1 aromatic carbocycles. The molecule has 0 saturated heterocycles. The van der Waals surface area contributed by atoms with Crippen molar-refractivity contribution in [2.45, 2.75) is 27.3 Å². The van der Waals surface area contributed by atoms with E-state index >= 15 is 0 Å². The van der Waals surface area contributed by atoms with Crippen LogP contribution in [0.5, 0.6) is 0 Å². The second kappa shape index (κ2) is 6.70. The third-order valence-electron chi connectivity index (χ3n) is 4.42. The molecule has 0 bridgehead atoms. The van der Waals surface area contributed by atoms with Gasteiger partial charge in [0.25, 0.3) is 0 Å². The van der Waals surface area contributed by atoms with E-state index in [1.165, 1.54) is 0 Å². The number of aryl methyl sites for hydroxylation is 2. The van der Waals surface area contributed by atoms with E-state index < -0.39 is 0 Å². The number of rotatable bonds is 3. The third-order valence-corrected chi connectivity index (χ3v) is 4.42. The van der Waals surface area contributed by atoms with Crippen molar-refractivity contribution in [2.24, 2.45) is 0 Å². The summed E-state index contributed by atoms with van der Waals surface area (Å²) >= 11 is 0. The predicted octanol–water partition coefficient (Wildman–Crippen LogP) is 3.57. The Morgan fingerprint density at radius 2 is 1.81 bits per heavy atom. The minimum Gasteiger partial charge on any atom is -0.383 e. The minimum absolute atomic E-state index is 0.187. The van der Waals surface area contributed by atoms with E-state index in [1.54, 1.807) is 12.1 Å². The predicted molar refractivity (Wildman–Crippen MR) is 99.9 cm³/mol. The van der Waals surface area contributed by atoms with Crippen LogP contribution in [-0.2, 0) is 6.54 Å². The highest BCUT2D eigenvalue weighted by molar-refractivity contribution is 5.81. The molecule has 0 unspecified atom stereocenters. The Morgan fingerprint density at radius 3 is 2.35 bits per heavy atom. The topological polar surface area (TPSA) is 104 Å². The Bertz CT molecular complexity index is 1060. The van der Waals surface area contributed by atoms with Crippen LogP contribution in [0.4, 0.5) is 5.82 Å². The van der Waals surface area contributed by atoms with E-state index in [2.05, 4.69) is 22.2 Å². The highest BCUT2D eigenvalue weighted by Crippen LogP contribution is 2.33. The van der Waals surface area contributed by atoms with Gasteiger partial charge in [-0.25, -0.2) is 4.98 Å². The maximum atomic E-state index is 9.54. The van der Waals surface area contributed by atoms with Crippen LogP contribution in [0.25, 0.3) is 22.4 Å². The van der Waals surface area contributed by atoms with Crippen molar-refractivity contribution in [3.8, 4) is 34.5 Å². The van der Waals surface area contributed by atoms with Crippen LogP contribution in [0.1, 0.15) is 29.4 Å². The van der Waals surface area contributed by atoms with Crippen molar-refractivity contribution in [1.29, 1.82) is 10.5 Å². The number of nitrogens with zero attached hydrogens (tertiary/aromatic N) is 5. The zero-order valence-electron chi connectivity index (χ0n) is 14.9. The van der Waals surface area contributed by atoms with Gasteiger partial charge in [0, 0.05) is 23.4 Å². The molecule has 3 aromatic rings. The molecule has 0 saturated carbocycles. The van der Waals surface area contributed by atoms with Crippen LogP contribution >= 0.6 is 0 Å².